The predicted octanol–water partition coefficient (Wildman–Crippen LogP) is 3.78. The fraction of sp³-hybridized carbons (Fsp3) is 0.211. The molecule has 1 amide bonds. The second-order valence-electron chi connectivity index (χ2n) is 6.20. The number of nitrogens with one attached hydrogen (secondary N) is 1. The van der Waals surface area contributed by atoms with Gasteiger partial charge >= 0.3 is 5.97 Å². The van der Waals surface area contributed by atoms with Crippen molar-refractivity contribution < 1.29 is 18.8 Å². The molecule has 0 spiro atoms. The number of rotatable bonds is 3. The molecule has 1 aromatic carbocycles. The zero-order valence-corrected chi connectivity index (χ0v) is 15.3. The molecule has 2 aromatic heterocycles. The molecule has 7 heteroatoms. The van der Waals surface area contributed by atoms with Gasteiger partial charge in [0.15, 0.2) is 0 Å². The van der Waals surface area contributed by atoms with Gasteiger partial charge in [0.05, 0.1) is 5.69 Å². The number of hydrogen-bond donors (Lipinski definition) is 1. The van der Waals surface area contributed by atoms with E-state index < -0.39 is 11.6 Å². The first-order valence-electron chi connectivity index (χ1n) is 8.05. The Morgan fingerprint density at radius 1 is 1.31 bits per heavy atom. The number of aromatic nitrogens is 1. The fourth-order valence-corrected chi connectivity index (χ4v) is 4.15. The Hall–Kier alpha value is -2.93. The van der Waals surface area contributed by atoms with E-state index in [4.69, 9.17) is 9.26 Å². The van der Waals surface area contributed by atoms with E-state index in [1.54, 1.807) is 6.07 Å². The van der Waals surface area contributed by atoms with Crippen LogP contribution in [0.2, 0.25) is 0 Å². The minimum absolute atomic E-state index is 0.378. The van der Waals surface area contributed by atoms with E-state index in [1.807, 2.05) is 42.8 Å². The van der Waals surface area contributed by atoms with Gasteiger partial charge in [0.2, 0.25) is 5.60 Å². The first-order valence-corrected chi connectivity index (χ1v) is 8.99. The molecule has 1 aliphatic rings. The van der Waals surface area contributed by atoms with Gasteiger partial charge in [-0.2, -0.15) is 11.3 Å². The van der Waals surface area contributed by atoms with Crippen molar-refractivity contribution in [2.24, 2.45) is 0 Å². The Balaban J connectivity index is 1.96. The molecular weight excluding hydrogens is 352 g/mol. The predicted molar refractivity (Wildman–Crippen MR) is 96.9 cm³/mol. The molecule has 0 bridgehead atoms. The van der Waals surface area contributed by atoms with Crippen LogP contribution in [0.25, 0.3) is 11.1 Å². The SMILES string of the molecule is CC(=O)OC1(c2ccsc2)C(=O)Nc2ccc(-c3c(C)noc3C)cc21. The standard InChI is InChI=1S/C19H16N2O4S/c1-10-17(11(2)25-21-10)13-4-5-16-15(8-13)19(18(23)20-16,24-12(3)22)14-6-7-26-9-14/h4-9H,1-3H3,(H,20,23). The summed E-state index contributed by atoms with van der Waals surface area (Å²) in [5.74, 6) is -0.215. The van der Waals surface area contributed by atoms with Crippen molar-refractivity contribution in [2.75, 3.05) is 5.32 Å². The van der Waals surface area contributed by atoms with E-state index in [1.165, 1.54) is 18.3 Å². The number of benzene rings is 1. The zero-order valence-electron chi connectivity index (χ0n) is 14.5. The minimum Gasteiger partial charge on any atom is -0.439 e. The second-order valence-corrected chi connectivity index (χ2v) is 6.98. The van der Waals surface area contributed by atoms with Crippen molar-refractivity contribution in [2.45, 2.75) is 26.4 Å². The van der Waals surface area contributed by atoms with Crippen LogP contribution in [-0.4, -0.2) is 17.0 Å². The van der Waals surface area contributed by atoms with E-state index in [0.29, 0.717) is 22.6 Å². The number of ether oxygens (including phenoxy) is 1. The highest BCUT2D eigenvalue weighted by atomic mass is 32.1. The van der Waals surface area contributed by atoms with Crippen LogP contribution in [0.3, 0.4) is 0 Å². The molecule has 26 heavy (non-hydrogen) atoms. The summed E-state index contributed by atoms with van der Waals surface area (Å²) in [6.45, 7) is 5.00. The van der Waals surface area contributed by atoms with Crippen molar-refractivity contribution in [3.05, 3.63) is 57.6 Å². The molecule has 3 aromatic rings. The largest absolute Gasteiger partial charge is 0.439 e. The molecule has 0 radical (unpaired) electrons. The van der Waals surface area contributed by atoms with E-state index in [-0.39, 0.29) is 5.91 Å². The minimum atomic E-state index is -1.49. The lowest BCUT2D eigenvalue weighted by atomic mass is 9.87. The average Bonchev–Trinajstić information content (AvgIpc) is 3.28. The lowest BCUT2D eigenvalue weighted by Crippen LogP contribution is -2.39. The monoisotopic (exact) mass is 368 g/mol. The maximum Gasteiger partial charge on any atom is 0.304 e. The molecule has 0 fully saturated rings. The van der Waals surface area contributed by atoms with Crippen LogP contribution in [0.15, 0.2) is 39.5 Å². The number of carbonyl (C=O) groups excluding carboxylic acids is 2. The molecule has 1 N–H and O–H groups in total. The third kappa shape index (κ3) is 2.28. The van der Waals surface area contributed by atoms with Crippen LogP contribution in [0.1, 0.15) is 29.5 Å². The molecule has 1 aliphatic heterocycles. The van der Waals surface area contributed by atoms with Gasteiger partial charge in [0.25, 0.3) is 5.91 Å². The van der Waals surface area contributed by atoms with Crippen LogP contribution in [0, 0.1) is 13.8 Å². The number of anilines is 1. The van der Waals surface area contributed by atoms with Crippen molar-refractivity contribution in [3.63, 3.8) is 0 Å². The van der Waals surface area contributed by atoms with Gasteiger partial charge in [0.1, 0.15) is 5.76 Å². The number of amides is 1. The van der Waals surface area contributed by atoms with Gasteiger partial charge in [-0.1, -0.05) is 11.2 Å². The molecule has 6 nitrogen and oxygen atoms in total. The van der Waals surface area contributed by atoms with Gasteiger partial charge in [-0.3, -0.25) is 9.59 Å². The highest BCUT2D eigenvalue weighted by molar-refractivity contribution is 7.08. The number of thiophene rings is 1. The summed E-state index contributed by atoms with van der Waals surface area (Å²) in [6.07, 6.45) is 0. The van der Waals surface area contributed by atoms with E-state index in [2.05, 4.69) is 10.5 Å². The lowest BCUT2D eigenvalue weighted by molar-refractivity contribution is -0.160. The number of hydrogen-bond acceptors (Lipinski definition) is 6. The first kappa shape index (κ1) is 16.5. The molecule has 0 saturated heterocycles. The smallest absolute Gasteiger partial charge is 0.304 e. The van der Waals surface area contributed by atoms with Gasteiger partial charge in [-0.05, 0) is 48.4 Å². The Labute approximate surface area is 153 Å². The van der Waals surface area contributed by atoms with Crippen molar-refractivity contribution in [1.82, 2.24) is 5.16 Å². The number of nitrogens with zero attached hydrogens (tertiary/aromatic N) is 1. The second kappa shape index (κ2) is 5.81. The quantitative estimate of drug-likeness (QED) is 0.712. The van der Waals surface area contributed by atoms with Crippen molar-refractivity contribution in [3.8, 4) is 11.1 Å². The van der Waals surface area contributed by atoms with Crippen LogP contribution in [0.5, 0.6) is 0 Å². The highest BCUT2D eigenvalue weighted by Gasteiger charge is 2.52. The van der Waals surface area contributed by atoms with E-state index in [0.717, 1.165) is 16.8 Å². The number of fused-ring (bicyclic) bond motifs is 1. The summed E-state index contributed by atoms with van der Waals surface area (Å²) in [5, 5.41) is 10.5. The van der Waals surface area contributed by atoms with Crippen LogP contribution in [-0.2, 0) is 19.9 Å². The maximum atomic E-state index is 12.9. The summed E-state index contributed by atoms with van der Waals surface area (Å²) in [5.41, 5.74) is 2.85. The Morgan fingerprint density at radius 3 is 2.73 bits per heavy atom. The number of carbonyl (C=O) groups is 2. The molecule has 1 unspecified atom stereocenters. The Bertz CT molecular complexity index is 1000. The summed E-state index contributed by atoms with van der Waals surface area (Å²) in [7, 11) is 0. The molecule has 1 atom stereocenters. The molecule has 3 heterocycles. The van der Waals surface area contributed by atoms with E-state index in [9.17, 15) is 9.59 Å². The maximum absolute atomic E-state index is 12.9. The molecule has 132 valence electrons. The average molecular weight is 368 g/mol. The molecule has 4 rings (SSSR count). The van der Waals surface area contributed by atoms with E-state index >= 15 is 0 Å². The molecular formula is C19H16N2O4S. The normalized spacial score (nSPS) is 18.5. The van der Waals surface area contributed by atoms with Crippen LogP contribution < -0.4 is 5.32 Å². The molecule has 0 aliphatic carbocycles. The highest BCUT2D eigenvalue weighted by Crippen LogP contribution is 2.46. The molecule has 0 saturated carbocycles. The summed E-state index contributed by atoms with van der Waals surface area (Å²) in [6, 6.07) is 7.36. The summed E-state index contributed by atoms with van der Waals surface area (Å²) in [4.78, 5) is 24.8. The van der Waals surface area contributed by atoms with Gasteiger partial charge in [-0.25, -0.2) is 0 Å². The lowest BCUT2D eigenvalue weighted by Gasteiger charge is -2.26. The number of esters is 1. The third-order valence-electron chi connectivity index (χ3n) is 4.51. The van der Waals surface area contributed by atoms with Gasteiger partial charge in [-0.15, -0.1) is 0 Å². The van der Waals surface area contributed by atoms with Crippen molar-refractivity contribution in [1.29, 1.82) is 0 Å². The van der Waals surface area contributed by atoms with Crippen LogP contribution in [0.4, 0.5) is 5.69 Å². The number of aryl methyl sites for hydroxylation is 2. The third-order valence-corrected chi connectivity index (χ3v) is 5.20. The zero-order chi connectivity index (χ0) is 18.5. The van der Waals surface area contributed by atoms with Gasteiger partial charge < -0.3 is 14.6 Å². The summed E-state index contributed by atoms with van der Waals surface area (Å²) < 4.78 is 10.9. The van der Waals surface area contributed by atoms with Gasteiger partial charge in [0, 0.05) is 29.3 Å². The fourth-order valence-electron chi connectivity index (χ4n) is 3.46. The van der Waals surface area contributed by atoms with Crippen LogP contribution >= 0.6 is 11.3 Å². The summed E-state index contributed by atoms with van der Waals surface area (Å²) >= 11 is 1.44. The Morgan fingerprint density at radius 2 is 2.12 bits per heavy atom. The Kier molecular flexibility index (Phi) is 3.69. The van der Waals surface area contributed by atoms with Crippen molar-refractivity contribution >= 4 is 28.9 Å². The first-order chi connectivity index (χ1) is 12.4. The topological polar surface area (TPSA) is 81.4 Å².